The molecule has 106 valence electrons. The van der Waals surface area contributed by atoms with Crippen LogP contribution in [-0.2, 0) is 0 Å². The molecule has 0 amide bonds. The second-order valence-corrected chi connectivity index (χ2v) is 4.92. The standard InChI is InChI=1S/C16H12F2N2O/c1-9-3-5-12-15(10(9)2)19-8-20(16(12)21)14-6-4-11(17)7-13(14)18/h3-8H,1-2H3. The Labute approximate surface area is 119 Å². The van der Waals surface area contributed by atoms with Crippen LogP contribution in [0.25, 0.3) is 16.6 Å². The van der Waals surface area contributed by atoms with Gasteiger partial charge in [0.05, 0.1) is 16.6 Å². The van der Waals surface area contributed by atoms with Crippen molar-refractivity contribution in [1.29, 1.82) is 0 Å². The van der Waals surface area contributed by atoms with E-state index >= 15 is 0 Å². The molecule has 0 unspecified atom stereocenters. The first kappa shape index (κ1) is 13.4. The van der Waals surface area contributed by atoms with E-state index in [1.807, 2.05) is 19.9 Å². The highest BCUT2D eigenvalue weighted by atomic mass is 19.1. The van der Waals surface area contributed by atoms with Crippen LogP contribution in [0, 0.1) is 25.5 Å². The highest BCUT2D eigenvalue weighted by molar-refractivity contribution is 5.81. The molecule has 0 aliphatic carbocycles. The predicted molar refractivity (Wildman–Crippen MR) is 76.7 cm³/mol. The van der Waals surface area contributed by atoms with E-state index in [2.05, 4.69) is 4.98 Å². The fraction of sp³-hybridized carbons (Fsp3) is 0.125. The summed E-state index contributed by atoms with van der Waals surface area (Å²) in [6.07, 6.45) is 1.27. The Morgan fingerprint density at radius 1 is 1.10 bits per heavy atom. The summed E-state index contributed by atoms with van der Waals surface area (Å²) >= 11 is 0. The van der Waals surface area contributed by atoms with E-state index in [1.54, 1.807) is 6.07 Å². The summed E-state index contributed by atoms with van der Waals surface area (Å²) in [4.78, 5) is 16.7. The largest absolute Gasteiger partial charge is 0.268 e. The number of aromatic nitrogens is 2. The molecule has 3 rings (SSSR count). The molecule has 3 nitrogen and oxygen atoms in total. The maximum atomic E-state index is 13.8. The Hall–Kier alpha value is -2.56. The Bertz CT molecular complexity index is 916. The molecule has 1 aromatic heterocycles. The second kappa shape index (κ2) is 4.77. The summed E-state index contributed by atoms with van der Waals surface area (Å²) in [5, 5.41) is 0.407. The van der Waals surface area contributed by atoms with Crippen molar-refractivity contribution in [3.8, 4) is 5.69 Å². The number of rotatable bonds is 1. The summed E-state index contributed by atoms with van der Waals surface area (Å²) < 4.78 is 27.9. The highest BCUT2D eigenvalue weighted by Crippen LogP contribution is 2.18. The Morgan fingerprint density at radius 3 is 2.57 bits per heavy atom. The van der Waals surface area contributed by atoms with Crippen LogP contribution in [0.5, 0.6) is 0 Å². The molecule has 0 spiro atoms. The molecular weight excluding hydrogens is 274 g/mol. The van der Waals surface area contributed by atoms with Gasteiger partial charge in [-0.1, -0.05) is 6.07 Å². The topological polar surface area (TPSA) is 34.9 Å². The zero-order valence-electron chi connectivity index (χ0n) is 11.5. The summed E-state index contributed by atoms with van der Waals surface area (Å²) in [6, 6.07) is 6.57. The molecule has 2 aromatic carbocycles. The van der Waals surface area contributed by atoms with Gasteiger partial charge >= 0.3 is 0 Å². The number of halogens is 2. The van der Waals surface area contributed by atoms with Gasteiger partial charge in [-0.25, -0.2) is 13.8 Å². The number of benzene rings is 2. The van der Waals surface area contributed by atoms with Gasteiger partial charge in [-0.15, -0.1) is 0 Å². The first-order chi connectivity index (χ1) is 9.99. The smallest absolute Gasteiger partial charge is 0.265 e. The van der Waals surface area contributed by atoms with E-state index in [1.165, 1.54) is 12.4 Å². The maximum Gasteiger partial charge on any atom is 0.265 e. The van der Waals surface area contributed by atoms with Gasteiger partial charge in [-0.2, -0.15) is 0 Å². The lowest BCUT2D eigenvalue weighted by molar-refractivity contribution is 0.576. The van der Waals surface area contributed by atoms with Crippen molar-refractivity contribution in [2.24, 2.45) is 0 Å². The molecule has 0 aliphatic heterocycles. The molecule has 5 heteroatoms. The lowest BCUT2D eigenvalue weighted by atomic mass is 10.1. The lowest BCUT2D eigenvalue weighted by Crippen LogP contribution is -2.20. The Kier molecular flexibility index (Phi) is 3.05. The van der Waals surface area contributed by atoms with Gasteiger partial charge in [0, 0.05) is 6.07 Å². The minimum absolute atomic E-state index is 0.0194. The molecule has 0 saturated carbocycles. The predicted octanol–water partition coefficient (Wildman–Crippen LogP) is 3.28. The van der Waals surface area contributed by atoms with Crippen LogP contribution in [0.2, 0.25) is 0 Å². The zero-order chi connectivity index (χ0) is 15.1. The SMILES string of the molecule is Cc1ccc2c(=O)n(-c3ccc(F)cc3F)cnc2c1C. The summed E-state index contributed by atoms with van der Waals surface area (Å²) in [5.41, 5.74) is 2.14. The second-order valence-electron chi connectivity index (χ2n) is 4.92. The monoisotopic (exact) mass is 286 g/mol. The van der Waals surface area contributed by atoms with Crippen molar-refractivity contribution >= 4 is 10.9 Å². The summed E-state index contributed by atoms with van der Waals surface area (Å²) in [6.45, 7) is 3.81. The Morgan fingerprint density at radius 2 is 1.86 bits per heavy atom. The van der Waals surface area contributed by atoms with Crippen LogP contribution in [0.15, 0.2) is 41.5 Å². The van der Waals surface area contributed by atoms with Crippen LogP contribution in [0.1, 0.15) is 11.1 Å². The van der Waals surface area contributed by atoms with Crippen LogP contribution < -0.4 is 5.56 Å². The third-order valence-electron chi connectivity index (χ3n) is 3.62. The molecular formula is C16H12F2N2O. The molecule has 0 aliphatic rings. The average molecular weight is 286 g/mol. The van der Waals surface area contributed by atoms with E-state index in [9.17, 15) is 13.6 Å². The quantitative estimate of drug-likeness (QED) is 0.688. The zero-order valence-corrected chi connectivity index (χ0v) is 11.5. The number of aryl methyl sites for hydroxylation is 2. The molecule has 0 fully saturated rings. The van der Waals surface area contributed by atoms with E-state index in [0.29, 0.717) is 10.9 Å². The molecule has 0 N–H and O–H groups in total. The molecule has 1 heterocycles. The van der Waals surface area contributed by atoms with Crippen molar-refractivity contribution in [3.05, 3.63) is 69.8 Å². The normalized spacial score (nSPS) is 11.0. The van der Waals surface area contributed by atoms with Gasteiger partial charge in [-0.05, 0) is 43.2 Å². The van der Waals surface area contributed by atoms with Gasteiger partial charge in [0.25, 0.3) is 5.56 Å². The average Bonchev–Trinajstić information content (AvgIpc) is 2.44. The van der Waals surface area contributed by atoms with Crippen molar-refractivity contribution in [2.45, 2.75) is 13.8 Å². The molecule has 0 atom stereocenters. The number of nitrogens with zero attached hydrogens (tertiary/aromatic N) is 2. The molecule has 0 bridgehead atoms. The molecule has 0 radical (unpaired) electrons. The van der Waals surface area contributed by atoms with Gasteiger partial charge < -0.3 is 0 Å². The van der Waals surface area contributed by atoms with Crippen LogP contribution >= 0.6 is 0 Å². The third kappa shape index (κ3) is 2.11. The number of hydrogen-bond donors (Lipinski definition) is 0. The first-order valence-electron chi connectivity index (χ1n) is 6.42. The van der Waals surface area contributed by atoms with Crippen molar-refractivity contribution in [2.75, 3.05) is 0 Å². The maximum absolute atomic E-state index is 13.8. The van der Waals surface area contributed by atoms with E-state index in [-0.39, 0.29) is 11.2 Å². The van der Waals surface area contributed by atoms with E-state index in [4.69, 9.17) is 0 Å². The van der Waals surface area contributed by atoms with Gasteiger partial charge in [-0.3, -0.25) is 9.36 Å². The minimum Gasteiger partial charge on any atom is -0.268 e. The lowest BCUT2D eigenvalue weighted by Gasteiger charge is -2.10. The number of hydrogen-bond acceptors (Lipinski definition) is 2. The van der Waals surface area contributed by atoms with Gasteiger partial charge in [0.15, 0.2) is 0 Å². The van der Waals surface area contributed by atoms with Crippen molar-refractivity contribution < 1.29 is 8.78 Å². The fourth-order valence-electron chi connectivity index (χ4n) is 2.29. The van der Waals surface area contributed by atoms with Crippen molar-refractivity contribution in [1.82, 2.24) is 9.55 Å². The van der Waals surface area contributed by atoms with Gasteiger partial charge in [0.2, 0.25) is 0 Å². The first-order valence-corrected chi connectivity index (χ1v) is 6.42. The summed E-state index contributed by atoms with van der Waals surface area (Å²) in [7, 11) is 0. The van der Waals surface area contributed by atoms with Crippen molar-refractivity contribution in [3.63, 3.8) is 0 Å². The highest BCUT2D eigenvalue weighted by Gasteiger charge is 2.12. The minimum atomic E-state index is -0.804. The van der Waals surface area contributed by atoms with E-state index in [0.717, 1.165) is 27.8 Å². The Balaban J connectivity index is 2.33. The van der Waals surface area contributed by atoms with Crippen LogP contribution in [0.4, 0.5) is 8.78 Å². The van der Waals surface area contributed by atoms with Crippen LogP contribution in [0.3, 0.4) is 0 Å². The third-order valence-corrected chi connectivity index (χ3v) is 3.62. The van der Waals surface area contributed by atoms with Gasteiger partial charge in [0.1, 0.15) is 18.0 Å². The molecule has 21 heavy (non-hydrogen) atoms. The van der Waals surface area contributed by atoms with E-state index < -0.39 is 11.6 Å². The molecule has 0 saturated heterocycles. The van der Waals surface area contributed by atoms with Crippen LogP contribution in [-0.4, -0.2) is 9.55 Å². The number of fused-ring (bicyclic) bond motifs is 1. The summed E-state index contributed by atoms with van der Waals surface area (Å²) in [5.74, 6) is -1.49. The molecule has 3 aromatic rings. The fourth-order valence-corrected chi connectivity index (χ4v) is 2.29.